The Balaban J connectivity index is 2.30. The fourth-order valence-corrected chi connectivity index (χ4v) is 0.587. The Hall–Kier alpha value is -0.740. The molecular weight excluding hydrogens is 147 g/mol. The maximum atomic E-state index is 11.4. The average Bonchev–Trinajstić information content (AvgIpc) is 2.35. The fraction of sp³-hybridized carbons (Fsp3) is 0.800. The molecule has 1 rings (SSSR count). The van der Waals surface area contributed by atoms with Gasteiger partial charge < -0.3 is 0 Å². The molecule has 0 heterocycles. The van der Waals surface area contributed by atoms with E-state index in [1.807, 2.05) is 0 Å². The van der Waals surface area contributed by atoms with Gasteiger partial charge in [-0.1, -0.05) is 0 Å². The van der Waals surface area contributed by atoms with Crippen molar-refractivity contribution >= 4 is 5.91 Å². The minimum atomic E-state index is -4.56. The van der Waals surface area contributed by atoms with Crippen molar-refractivity contribution in [3.8, 4) is 0 Å². The Morgan fingerprint density at radius 3 is 2.20 bits per heavy atom. The van der Waals surface area contributed by atoms with Crippen LogP contribution in [0.25, 0.3) is 0 Å². The van der Waals surface area contributed by atoms with Gasteiger partial charge in [-0.05, 0) is 12.8 Å². The van der Waals surface area contributed by atoms with Gasteiger partial charge in [0.25, 0.3) is 0 Å². The van der Waals surface area contributed by atoms with Crippen LogP contribution in [0.1, 0.15) is 12.8 Å². The monoisotopic (exact) mass is 153 g/mol. The maximum Gasteiger partial charge on any atom is 0.484 e. The van der Waals surface area contributed by atoms with Gasteiger partial charge in [-0.25, -0.2) is 0 Å². The Labute approximate surface area is 55.4 Å². The summed E-state index contributed by atoms with van der Waals surface area (Å²) >= 11 is 0. The summed E-state index contributed by atoms with van der Waals surface area (Å²) in [4.78, 5) is 10.4. The lowest BCUT2D eigenvalue weighted by atomic mass is 10.4. The van der Waals surface area contributed by atoms with Crippen molar-refractivity contribution in [2.75, 3.05) is 0 Å². The van der Waals surface area contributed by atoms with E-state index < -0.39 is 12.2 Å². The predicted molar refractivity (Wildman–Crippen MR) is 26.9 cm³/mol. The molecule has 1 aliphatic rings. The molecule has 10 heavy (non-hydrogen) atoms. The highest BCUT2D eigenvalue weighted by Crippen LogP contribution is 2.29. The first kappa shape index (κ1) is 7.37. The number of hydrogen-bond donors (Lipinski definition) is 1. The van der Waals surface area contributed by atoms with Crippen LogP contribution in [0, 0.1) is 5.92 Å². The van der Waals surface area contributed by atoms with E-state index in [-0.39, 0.29) is 5.92 Å². The van der Waals surface area contributed by atoms with Crippen LogP contribution >= 0.6 is 0 Å². The quantitative estimate of drug-likeness (QED) is 0.560. The lowest BCUT2D eigenvalue weighted by Crippen LogP contribution is -2.38. The molecule has 1 saturated carbocycles. The minimum absolute atomic E-state index is 0.387. The van der Waals surface area contributed by atoms with Crippen molar-refractivity contribution in [3.05, 3.63) is 0 Å². The van der Waals surface area contributed by atoms with Gasteiger partial charge in [0.2, 0.25) is 5.91 Å². The molecule has 2 nitrogen and oxygen atoms in total. The SMILES string of the molecule is O=C(NC(F)(F)F)C1CC1. The van der Waals surface area contributed by atoms with Crippen molar-refractivity contribution < 1.29 is 18.0 Å². The Morgan fingerprint density at radius 1 is 1.40 bits per heavy atom. The fourth-order valence-electron chi connectivity index (χ4n) is 0.587. The molecule has 5 heteroatoms. The number of alkyl halides is 3. The summed E-state index contributed by atoms with van der Waals surface area (Å²) in [6, 6.07) is 0. The van der Waals surface area contributed by atoms with E-state index in [1.165, 1.54) is 0 Å². The third-order valence-electron chi connectivity index (χ3n) is 1.21. The summed E-state index contributed by atoms with van der Waals surface area (Å²) in [6.45, 7) is 0. The molecule has 0 saturated heterocycles. The first-order valence-electron chi connectivity index (χ1n) is 2.88. The smallest absolute Gasteiger partial charge is 0.275 e. The van der Waals surface area contributed by atoms with Crippen molar-refractivity contribution in [1.82, 2.24) is 5.32 Å². The van der Waals surface area contributed by atoms with Gasteiger partial charge in [0, 0.05) is 5.92 Å². The van der Waals surface area contributed by atoms with Crippen LogP contribution < -0.4 is 5.32 Å². The summed E-state index contributed by atoms with van der Waals surface area (Å²) < 4.78 is 34.1. The molecule has 0 unspecified atom stereocenters. The zero-order valence-electron chi connectivity index (χ0n) is 5.03. The lowest BCUT2D eigenvalue weighted by molar-refractivity contribution is -0.170. The summed E-state index contributed by atoms with van der Waals surface area (Å²) in [6.07, 6.45) is -3.39. The molecule has 0 radical (unpaired) electrons. The molecule has 58 valence electrons. The van der Waals surface area contributed by atoms with Gasteiger partial charge in [-0.3, -0.25) is 10.1 Å². The maximum absolute atomic E-state index is 11.4. The molecule has 1 N–H and O–H groups in total. The number of amides is 1. The molecule has 0 bridgehead atoms. The van der Waals surface area contributed by atoms with Gasteiger partial charge in [-0.2, -0.15) is 13.2 Å². The first-order valence-corrected chi connectivity index (χ1v) is 2.88. The first-order chi connectivity index (χ1) is 4.49. The number of nitrogens with one attached hydrogen (secondary N) is 1. The van der Waals surface area contributed by atoms with Gasteiger partial charge in [-0.15, -0.1) is 0 Å². The van der Waals surface area contributed by atoms with Gasteiger partial charge >= 0.3 is 6.30 Å². The van der Waals surface area contributed by atoms with E-state index >= 15 is 0 Å². The van der Waals surface area contributed by atoms with Crippen molar-refractivity contribution in [2.45, 2.75) is 19.1 Å². The molecule has 0 aliphatic heterocycles. The summed E-state index contributed by atoms with van der Waals surface area (Å²) in [5.74, 6) is -1.28. The van der Waals surface area contributed by atoms with Gasteiger partial charge in [0.1, 0.15) is 0 Å². The van der Waals surface area contributed by atoms with E-state index in [9.17, 15) is 18.0 Å². The predicted octanol–water partition coefficient (Wildman–Crippen LogP) is 1.03. The molecule has 1 aliphatic carbocycles. The van der Waals surface area contributed by atoms with E-state index in [4.69, 9.17) is 0 Å². The van der Waals surface area contributed by atoms with Crippen LogP contribution in [0.15, 0.2) is 0 Å². The molecule has 1 fully saturated rings. The molecule has 0 atom stereocenters. The van der Waals surface area contributed by atoms with Crippen LogP contribution in [0.2, 0.25) is 0 Å². The largest absolute Gasteiger partial charge is 0.484 e. The highest BCUT2D eigenvalue weighted by atomic mass is 19.4. The van der Waals surface area contributed by atoms with E-state index in [2.05, 4.69) is 0 Å². The van der Waals surface area contributed by atoms with Crippen LogP contribution in [0.4, 0.5) is 13.2 Å². The normalized spacial score (nSPS) is 18.7. The molecule has 0 aromatic rings. The van der Waals surface area contributed by atoms with Crippen molar-refractivity contribution in [3.63, 3.8) is 0 Å². The minimum Gasteiger partial charge on any atom is -0.275 e. The summed E-state index contributed by atoms with van der Waals surface area (Å²) in [7, 11) is 0. The third kappa shape index (κ3) is 2.24. The van der Waals surface area contributed by atoms with Crippen LogP contribution in [0.5, 0.6) is 0 Å². The lowest BCUT2D eigenvalue weighted by Gasteiger charge is -2.06. The second-order valence-electron chi connectivity index (χ2n) is 2.26. The second kappa shape index (κ2) is 2.14. The molecule has 1 amide bonds. The van der Waals surface area contributed by atoms with E-state index in [0.717, 1.165) is 5.32 Å². The van der Waals surface area contributed by atoms with Crippen LogP contribution in [-0.2, 0) is 4.79 Å². The Bertz CT molecular complexity index is 149. The van der Waals surface area contributed by atoms with Gasteiger partial charge in [0.15, 0.2) is 0 Å². The third-order valence-corrected chi connectivity index (χ3v) is 1.21. The zero-order valence-corrected chi connectivity index (χ0v) is 5.03. The highest BCUT2D eigenvalue weighted by Gasteiger charge is 2.37. The van der Waals surface area contributed by atoms with Crippen molar-refractivity contribution in [1.29, 1.82) is 0 Å². The second-order valence-corrected chi connectivity index (χ2v) is 2.26. The summed E-state index contributed by atoms with van der Waals surface area (Å²) in [5, 5.41) is 0.942. The summed E-state index contributed by atoms with van der Waals surface area (Å²) in [5.41, 5.74) is 0. The molecule has 0 spiro atoms. The number of halogens is 3. The highest BCUT2D eigenvalue weighted by molar-refractivity contribution is 5.81. The average molecular weight is 153 g/mol. The number of rotatable bonds is 1. The van der Waals surface area contributed by atoms with E-state index in [1.54, 1.807) is 0 Å². The number of hydrogen-bond acceptors (Lipinski definition) is 1. The van der Waals surface area contributed by atoms with Crippen molar-refractivity contribution in [2.24, 2.45) is 5.92 Å². The van der Waals surface area contributed by atoms with E-state index in [0.29, 0.717) is 12.8 Å². The van der Waals surface area contributed by atoms with Crippen LogP contribution in [-0.4, -0.2) is 12.2 Å². The number of carbonyl (C=O) groups is 1. The Morgan fingerprint density at radius 2 is 1.90 bits per heavy atom. The molecule has 0 aromatic carbocycles. The number of carbonyl (C=O) groups excluding carboxylic acids is 1. The topological polar surface area (TPSA) is 29.1 Å². The zero-order chi connectivity index (χ0) is 7.78. The van der Waals surface area contributed by atoms with Crippen LogP contribution in [0.3, 0.4) is 0 Å². The standard InChI is InChI=1S/C5H6F3NO/c6-5(7,8)9-4(10)3-1-2-3/h3H,1-2H2,(H,9,10). The van der Waals surface area contributed by atoms with Gasteiger partial charge in [0.05, 0.1) is 0 Å². The molecular formula is C5H6F3NO. The molecule has 0 aromatic heterocycles. The Kier molecular flexibility index (Phi) is 1.58.